The van der Waals surface area contributed by atoms with E-state index in [4.69, 9.17) is 16.3 Å². The minimum absolute atomic E-state index is 0.0175. The van der Waals surface area contributed by atoms with Gasteiger partial charge >= 0.3 is 6.09 Å². The van der Waals surface area contributed by atoms with E-state index in [0.29, 0.717) is 31.1 Å². The molecule has 0 bridgehead atoms. The maximum absolute atomic E-state index is 13.4. The summed E-state index contributed by atoms with van der Waals surface area (Å²) in [5.41, 5.74) is 1.87. The maximum atomic E-state index is 13.4. The lowest BCUT2D eigenvalue weighted by Crippen LogP contribution is -2.39. The summed E-state index contributed by atoms with van der Waals surface area (Å²) in [4.78, 5) is 31.8. The van der Waals surface area contributed by atoms with Crippen molar-refractivity contribution in [2.75, 3.05) is 37.6 Å². The van der Waals surface area contributed by atoms with Crippen LogP contribution in [0.25, 0.3) is 0 Å². The highest BCUT2D eigenvalue weighted by atomic mass is 35.5. The number of ether oxygens (including phenoxy) is 1. The van der Waals surface area contributed by atoms with Crippen LogP contribution in [-0.2, 0) is 11.3 Å². The molecule has 162 valence electrons. The second-order valence-corrected chi connectivity index (χ2v) is 9.17. The van der Waals surface area contributed by atoms with Crippen LogP contribution in [-0.4, -0.2) is 60.1 Å². The van der Waals surface area contributed by atoms with Gasteiger partial charge in [-0.05, 0) is 55.8 Å². The minimum Gasteiger partial charge on any atom is -0.439 e. The first-order valence-electron chi connectivity index (χ1n) is 10.9. The molecule has 0 unspecified atom stereocenters. The van der Waals surface area contributed by atoms with Crippen molar-refractivity contribution in [3.05, 3.63) is 64.7 Å². The van der Waals surface area contributed by atoms with Crippen LogP contribution in [0.1, 0.15) is 35.2 Å². The SMILES string of the molecule is O=C(c1ccccc1CN1CCCC1)N1CC[C@@]2(C1)CN(c1cccc(Cl)c1)C(=O)O2. The van der Waals surface area contributed by atoms with Gasteiger partial charge < -0.3 is 9.64 Å². The van der Waals surface area contributed by atoms with E-state index >= 15 is 0 Å². The van der Waals surface area contributed by atoms with Gasteiger partial charge in [0.25, 0.3) is 5.91 Å². The zero-order valence-corrected chi connectivity index (χ0v) is 18.2. The maximum Gasteiger partial charge on any atom is 0.415 e. The van der Waals surface area contributed by atoms with Crippen molar-refractivity contribution >= 4 is 29.3 Å². The number of nitrogens with zero attached hydrogens (tertiary/aromatic N) is 3. The molecule has 5 rings (SSSR count). The van der Waals surface area contributed by atoms with E-state index in [0.717, 1.165) is 36.4 Å². The summed E-state index contributed by atoms with van der Waals surface area (Å²) in [5.74, 6) is 0.0175. The van der Waals surface area contributed by atoms with Crippen molar-refractivity contribution in [1.29, 1.82) is 0 Å². The standard InChI is InChI=1S/C24H26ClN3O3/c25-19-7-5-8-20(14-19)28-17-24(31-23(28)30)10-13-27(16-24)22(29)21-9-2-1-6-18(21)15-26-11-3-4-12-26/h1-2,5-9,14H,3-4,10-13,15-17H2/t24-/m1/s1. The van der Waals surface area contributed by atoms with Gasteiger partial charge in [-0.1, -0.05) is 35.9 Å². The molecule has 31 heavy (non-hydrogen) atoms. The van der Waals surface area contributed by atoms with Crippen LogP contribution in [0.2, 0.25) is 5.02 Å². The molecule has 3 heterocycles. The first kappa shape index (κ1) is 20.3. The number of benzene rings is 2. The van der Waals surface area contributed by atoms with E-state index < -0.39 is 5.60 Å². The molecule has 6 nitrogen and oxygen atoms in total. The normalized spacial score (nSPS) is 23.7. The fourth-order valence-corrected chi connectivity index (χ4v) is 5.10. The smallest absolute Gasteiger partial charge is 0.415 e. The van der Waals surface area contributed by atoms with E-state index in [1.165, 1.54) is 12.8 Å². The molecule has 3 saturated heterocycles. The first-order valence-corrected chi connectivity index (χ1v) is 11.3. The molecule has 0 saturated carbocycles. The molecule has 2 amide bonds. The fraction of sp³-hybridized carbons (Fsp3) is 0.417. The lowest BCUT2D eigenvalue weighted by atomic mass is 10.0. The van der Waals surface area contributed by atoms with Crippen LogP contribution >= 0.6 is 11.6 Å². The number of carbonyl (C=O) groups is 2. The lowest BCUT2D eigenvalue weighted by Gasteiger charge is -2.23. The van der Waals surface area contributed by atoms with Crippen LogP contribution in [0, 0.1) is 0 Å². The van der Waals surface area contributed by atoms with Crippen molar-refractivity contribution < 1.29 is 14.3 Å². The predicted octanol–water partition coefficient (Wildman–Crippen LogP) is 4.18. The van der Waals surface area contributed by atoms with Gasteiger partial charge in [-0.25, -0.2) is 4.79 Å². The van der Waals surface area contributed by atoms with Gasteiger partial charge in [0.05, 0.1) is 13.1 Å². The van der Waals surface area contributed by atoms with Gasteiger partial charge in [-0.15, -0.1) is 0 Å². The van der Waals surface area contributed by atoms with Gasteiger partial charge in [-0.3, -0.25) is 14.6 Å². The zero-order valence-electron chi connectivity index (χ0n) is 17.4. The average Bonchev–Trinajstić information content (AvgIpc) is 3.49. The summed E-state index contributed by atoms with van der Waals surface area (Å²) in [7, 11) is 0. The number of amides is 2. The van der Waals surface area contributed by atoms with Crippen LogP contribution in [0.15, 0.2) is 48.5 Å². The van der Waals surface area contributed by atoms with E-state index in [1.807, 2.05) is 41.3 Å². The quantitative estimate of drug-likeness (QED) is 0.717. The molecule has 2 aromatic carbocycles. The van der Waals surface area contributed by atoms with Gasteiger partial charge in [0, 0.05) is 35.8 Å². The summed E-state index contributed by atoms with van der Waals surface area (Å²) < 4.78 is 5.81. The summed E-state index contributed by atoms with van der Waals surface area (Å²) >= 11 is 6.10. The van der Waals surface area contributed by atoms with Crippen molar-refractivity contribution in [3.8, 4) is 0 Å². The molecule has 3 aliphatic heterocycles. The monoisotopic (exact) mass is 439 g/mol. The van der Waals surface area contributed by atoms with Crippen LogP contribution < -0.4 is 4.90 Å². The van der Waals surface area contributed by atoms with Crippen molar-refractivity contribution in [1.82, 2.24) is 9.80 Å². The first-order chi connectivity index (χ1) is 15.0. The van der Waals surface area contributed by atoms with E-state index in [2.05, 4.69) is 4.90 Å². The third-order valence-corrected chi connectivity index (χ3v) is 6.77. The lowest BCUT2D eigenvalue weighted by molar-refractivity contribution is 0.0552. The highest BCUT2D eigenvalue weighted by Gasteiger charge is 2.51. The fourth-order valence-electron chi connectivity index (χ4n) is 4.92. The van der Waals surface area contributed by atoms with Gasteiger partial charge in [0.1, 0.15) is 0 Å². The zero-order chi connectivity index (χ0) is 21.4. The van der Waals surface area contributed by atoms with Crippen molar-refractivity contribution in [3.63, 3.8) is 0 Å². The Kier molecular flexibility index (Phi) is 5.36. The summed E-state index contributed by atoms with van der Waals surface area (Å²) in [6, 6.07) is 15.1. The van der Waals surface area contributed by atoms with E-state index in [1.54, 1.807) is 17.0 Å². The van der Waals surface area contributed by atoms with Crippen LogP contribution in [0.5, 0.6) is 0 Å². The molecule has 7 heteroatoms. The number of likely N-dealkylation sites (tertiary alicyclic amines) is 2. The number of anilines is 1. The molecule has 1 atom stereocenters. The number of halogens is 1. The van der Waals surface area contributed by atoms with Gasteiger partial charge in [0.15, 0.2) is 5.60 Å². The highest BCUT2D eigenvalue weighted by molar-refractivity contribution is 6.30. The van der Waals surface area contributed by atoms with Crippen molar-refractivity contribution in [2.45, 2.75) is 31.4 Å². The molecular weight excluding hydrogens is 414 g/mol. The third-order valence-electron chi connectivity index (χ3n) is 6.53. The summed E-state index contributed by atoms with van der Waals surface area (Å²) in [6.07, 6.45) is 2.69. The Morgan fingerprint density at radius 1 is 1.03 bits per heavy atom. The molecule has 0 N–H and O–H groups in total. The number of carbonyl (C=O) groups excluding carboxylic acids is 2. The molecule has 0 radical (unpaired) electrons. The second kappa shape index (κ2) is 8.17. The summed E-state index contributed by atoms with van der Waals surface area (Å²) in [5, 5.41) is 0.573. The second-order valence-electron chi connectivity index (χ2n) is 8.73. The average molecular weight is 440 g/mol. The molecule has 0 aliphatic carbocycles. The minimum atomic E-state index is -0.668. The number of rotatable bonds is 4. The molecular formula is C24H26ClN3O3. The van der Waals surface area contributed by atoms with Crippen molar-refractivity contribution in [2.24, 2.45) is 0 Å². The molecule has 3 aliphatic rings. The molecule has 0 aromatic heterocycles. The van der Waals surface area contributed by atoms with Gasteiger partial charge in [-0.2, -0.15) is 0 Å². The Bertz CT molecular complexity index is 1010. The molecule has 2 aromatic rings. The van der Waals surface area contributed by atoms with Crippen LogP contribution in [0.3, 0.4) is 0 Å². The van der Waals surface area contributed by atoms with E-state index in [-0.39, 0.29) is 12.0 Å². The van der Waals surface area contributed by atoms with E-state index in [9.17, 15) is 9.59 Å². The van der Waals surface area contributed by atoms with Crippen LogP contribution in [0.4, 0.5) is 10.5 Å². The predicted molar refractivity (Wildman–Crippen MR) is 119 cm³/mol. The Morgan fingerprint density at radius 2 is 1.84 bits per heavy atom. The Labute approximate surface area is 187 Å². The largest absolute Gasteiger partial charge is 0.439 e. The molecule has 1 spiro atoms. The molecule has 3 fully saturated rings. The highest BCUT2D eigenvalue weighted by Crippen LogP contribution is 2.36. The Morgan fingerprint density at radius 3 is 2.65 bits per heavy atom. The number of hydrogen-bond acceptors (Lipinski definition) is 4. The topological polar surface area (TPSA) is 53.1 Å². The van der Waals surface area contributed by atoms with Gasteiger partial charge in [0.2, 0.25) is 0 Å². The third kappa shape index (κ3) is 4.02. The Balaban J connectivity index is 1.31. The summed E-state index contributed by atoms with van der Waals surface area (Å²) in [6.45, 7) is 4.39. The number of hydrogen-bond donors (Lipinski definition) is 0. The Hall–Kier alpha value is -2.57.